The molecule has 0 spiro atoms. The molecule has 1 nitrogen and oxygen atoms in total. The molecule has 0 aromatic rings. The third-order valence-electron chi connectivity index (χ3n) is 3.89. The largest absolute Gasteiger partial charge is 0.325 e. The van der Waals surface area contributed by atoms with E-state index >= 15 is 0 Å². The molecule has 1 saturated carbocycles. The van der Waals surface area contributed by atoms with Gasteiger partial charge in [-0.3, -0.25) is 0 Å². The lowest BCUT2D eigenvalue weighted by atomic mass is 9.70. The van der Waals surface area contributed by atoms with Crippen molar-refractivity contribution in [3.8, 4) is 0 Å². The summed E-state index contributed by atoms with van der Waals surface area (Å²) in [5.41, 5.74) is 6.66. The van der Waals surface area contributed by atoms with Crippen molar-refractivity contribution >= 4 is 0 Å². The van der Waals surface area contributed by atoms with Crippen LogP contribution >= 0.6 is 0 Å². The summed E-state index contributed by atoms with van der Waals surface area (Å²) in [4.78, 5) is 0. The van der Waals surface area contributed by atoms with Gasteiger partial charge in [0, 0.05) is 5.54 Å². The van der Waals surface area contributed by atoms with Gasteiger partial charge in [-0.05, 0) is 31.1 Å². The zero-order chi connectivity index (χ0) is 10.6. The Kier molecular flexibility index (Phi) is 4.43. The Morgan fingerprint density at radius 1 is 1.43 bits per heavy atom. The van der Waals surface area contributed by atoms with Crippen molar-refractivity contribution in [2.75, 3.05) is 0 Å². The van der Waals surface area contributed by atoms with Gasteiger partial charge in [0.1, 0.15) is 0 Å². The molecule has 1 heteroatoms. The van der Waals surface area contributed by atoms with Gasteiger partial charge in [-0.25, -0.2) is 0 Å². The quantitative estimate of drug-likeness (QED) is 0.730. The zero-order valence-electron chi connectivity index (χ0n) is 10.2. The maximum Gasteiger partial charge on any atom is 0.0157 e. The monoisotopic (exact) mass is 197 g/mol. The molecule has 0 saturated heterocycles. The molecule has 2 N–H and O–H groups in total. The van der Waals surface area contributed by atoms with Crippen LogP contribution in [0, 0.1) is 11.8 Å². The third kappa shape index (κ3) is 3.27. The van der Waals surface area contributed by atoms with Gasteiger partial charge in [-0.2, -0.15) is 0 Å². The number of nitrogens with two attached hydrogens (primary N) is 1. The smallest absolute Gasteiger partial charge is 0.0157 e. The first-order valence-corrected chi connectivity index (χ1v) is 6.36. The Bertz CT molecular complexity index is 165. The SMILES string of the molecule is CCCCC1(N)CCCC(C(C)C)C1. The molecule has 0 heterocycles. The van der Waals surface area contributed by atoms with E-state index in [1.54, 1.807) is 0 Å². The first-order valence-electron chi connectivity index (χ1n) is 6.36. The zero-order valence-corrected chi connectivity index (χ0v) is 10.2. The van der Waals surface area contributed by atoms with Crippen LogP contribution in [0.25, 0.3) is 0 Å². The highest BCUT2D eigenvalue weighted by atomic mass is 14.7. The van der Waals surface area contributed by atoms with Gasteiger partial charge >= 0.3 is 0 Å². The van der Waals surface area contributed by atoms with Gasteiger partial charge < -0.3 is 5.73 Å². The average molecular weight is 197 g/mol. The van der Waals surface area contributed by atoms with Crippen LogP contribution in [0.1, 0.15) is 65.7 Å². The molecule has 0 amide bonds. The molecule has 0 bridgehead atoms. The second kappa shape index (κ2) is 5.16. The molecule has 84 valence electrons. The van der Waals surface area contributed by atoms with Crippen LogP contribution in [-0.2, 0) is 0 Å². The first-order chi connectivity index (χ1) is 6.57. The van der Waals surface area contributed by atoms with Crippen molar-refractivity contribution in [1.82, 2.24) is 0 Å². The summed E-state index contributed by atoms with van der Waals surface area (Å²) in [7, 11) is 0. The molecule has 0 radical (unpaired) electrons. The van der Waals surface area contributed by atoms with Gasteiger partial charge in [0.15, 0.2) is 0 Å². The molecule has 1 fully saturated rings. The number of rotatable bonds is 4. The highest BCUT2D eigenvalue weighted by molar-refractivity contribution is 4.91. The number of hydrogen-bond donors (Lipinski definition) is 1. The van der Waals surface area contributed by atoms with Gasteiger partial charge in [0.25, 0.3) is 0 Å². The maximum absolute atomic E-state index is 6.47. The molecule has 0 aromatic heterocycles. The molecule has 1 aliphatic carbocycles. The molecular formula is C13H27N. The highest BCUT2D eigenvalue weighted by Crippen LogP contribution is 2.37. The lowest BCUT2D eigenvalue weighted by molar-refractivity contribution is 0.172. The summed E-state index contributed by atoms with van der Waals surface area (Å²) in [5, 5.41) is 0. The standard InChI is InChI=1S/C13H27N/c1-4-5-8-13(14)9-6-7-12(10-13)11(2)3/h11-12H,4-10,14H2,1-3H3. The van der Waals surface area contributed by atoms with E-state index in [1.165, 1.54) is 44.9 Å². The van der Waals surface area contributed by atoms with E-state index in [-0.39, 0.29) is 5.54 Å². The van der Waals surface area contributed by atoms with Crippen molar-refractivity contribution in [2.24, 2.45) is 17.6 Å². The Morgan fingerprint density at radius 2 is 2.14 bits per heavy atom. The second-order valence-corrected chi connectivity index (χ2v) is 5.57. The fourth-order valence-electron chi connectivity index (χ4n) is 2.77. The normalized spacial score (nSPS) is 33.6. The topological polar surface area (TPSA) is 26.0 Å². The van der Waals surface area contributed by atoms with Crippen molar-refractivity contribution in [3.05, 3.63) is 0 Å². The van der Waals surface area contributed by atoms with Gasteiger partial charge in [-0.1, -0.05) is 46.5 Å². The number of unbranched alkanes of at least 4 members (excludes halogenated alkanes) is 1. The summed E-state index contributed by atoms with van der Waals surface area (Å²) in [6.45, 7) is 6.94. The minimum atomic E-state index is 0.184. The Morgan fingerprint density at radius 3 is 2.71 bits per heavy atom. The lowest BCUT2D eigenvalue weighted by Crippen LogP contribution is -2.45. The molecule has 2 atom stereocenters. The predicted molar refractivity (Wildman–Crippen MR) is 63.2 cm³/mol. The fraction of sp³-hybridized carbons (Fsp3) is 1.00. The van der Waals surface area contributed by atoms with E-state index in [1.807, 2.05) is 0 Å². The van der Waals surface area contributed by atoms with Crippen LogP contribution in [0.5, 0.6) is 0 Å². The van der Waals surface area contributed by atoms with Crippen LogP contribution in [0.2, 0.25) is 0 Å². The fourth-order valence-corrected chi connectivity index (χ4v) is 2.77. The lowest BCUT2D eigenvalue weighted by Gasteiger charge is -2.39. The minimum Gasteiger partial charge on any atom is -0.325 e. The van der Waals surface area contributed by atoms with Crippen molar-refractivity contribution in [2.45, 2.75) is 71.3 Å². The van der Waals surface area contributed by atoms with Crippen molar-refractivity contribution in [3.63, 3.8) is 0 Å². The summed E-state index contributed by atoms with van der Waals surface area (Å²) < 4.78 is 0. The summed E-state index contributed by atoms with van der Waals surface area (Å²) in [6, 6.07) is 0. The molecule has 1 rings (SSSR count). The molecule has 2 unspecified atom stereocenters. The Balaban J connectivity index is 2.44. The second-order valence-electron chi connectivity index (χ2n) is 5.57. The van der Waals surface area contributed by atoms with Gasteiger partial charge in [0.2, 0.25) is 0 Å². The van der Waals surface area contributed by atoms with Crippen LogP contribution in [-0.4, -0.2) is 5.54 Å². The van der Waals surface area contributed by atoms with E-state index in [0.717, 1.165) is 11.8 Å². The summed E-state index contributed by atoms with van der Waals surface area (Å²) in [6.07, 6.45) is 9.12. The Hall–Kier alpha value is -0.0400. The maximum atomic E-state index is 6.47. The minimum absolute atomic E-state index is 0.184. The summed E-state index contributed by atoms with van der Waals surface area (Å²) >= 11 is 0. The summed E-state index contributed by atoms with van der Waals surface area (Å²) in [5.74, 6) is 1.70. The first kappa shape index (κ1) is 12.0. The predicted octanol–water partition coefficient (Wildman–Crippen LogP) is 3.72. The molecule has 1 aliphatic rings. The molecule has 14 heavy (non-hydrogen) atoms. The van der Waals surface area contributed by atoms with Gasteiger partial charge in [0.05, 0.1) is 0 Å². The van der Waals surface area contributed by atoms with Gasteiger partial charge in [-0.15, -0.1) is 0 Å². The van der Waals surface area contributed by atoms with E-state index < -0.39 is 0 Å². The molecular weight excluding hydrogens is 170 g/mol. The molecule has 0 aromatic carbocycles. The van der Waals surface area contributed by atoms with E-state index in [0.29, 0.717) is 0 Å². The van der Waals surface area contributed by atoms with E-state index in [4.69, 9.17) is 5.73 Å². The van der Waals surface area contributed by atoms with E-state index in [2.05, 4.69) is 20.8 Å². The highest BCUT2D eigenvalue weighted by Gasteiger charge is 2.33. The van der Waals surface area contributed by atoms with Crippen LogP contribution < -0.4 is 5.73 Å². The van der Waals surface area contributed by atoms with Crippen LogP contribution in [0.3, 0.4) is 0 Å². The number of hydrogen-bond acceptors (Lipinski definition) is 1. The third-order valence-corrected chi connectivity index (χ3v) is 3.89. The van der Waals surface area contributed by atoms with Crippen LogP contribution in [0.4, 0.5) is 0 Å². The molecule has 0 aliphatic heterocycles. The Labute approximate surface area is 89.5 Å². The van der Waals surface area contributed by atoms with Crippen molar-refractivity contribution in [1.29, 1.82) is 0 Å². The average Bonchev–Trinajstić information content (AvgIpc) is 2.15. The van der Waals surface area contributed by atoms with Crippen LogP contribution in [0.15, 0.2) is 0 Å². The van der Waals surface area contributed by atoms with Crippen molar-refractivity contribution < 1.29 is 0 Å². The van der Waals surface area contributed by atoms with E-state index in [9.17, 15) is 0 Å².